The minimum absolute atomic E-state index is 0.0852. The van der Waals surface area contributed by atoms with Gasteiger partial charge in [-0.15, -0.1) is 13.2 Å². The predicted octanol–water partition coefficient (Wildman–Crippen LogP) is 3.24. The largest absolute Gasteiger partial charge is 0.573 e. The minimum Gasteiger partial charge on any atom is -0.404 e. The van der Waals surface area contributed by atoms with Crippen LogP contribution < -0.4 is 4.74 Å². The first-order chi connectivity index (χ1) is 7.33. The van der Waals surface area contributed by atoms with E-state index in [1.807, 2.05) is 0 Å². The Morgan fingerprint density at radius 2 is 2.00 bits per heavy atom. The van der Waals surface area contributed by atoms with Gasteiger partial charge in [0.2, 0.25) is 0 Å². The number of halogens is 5. The average Bonchev–Trinajstić information content (AvgIpc) is 2.18. The molecule has 2 nitrogen and oxygen atoms in total. The summed E-state index contributed by atoms with van der Waals surface area (Å²) >= 11 is 5.48. The van der Waals surface area contributed by atoms with Crippen molar-refractivity contribution < 1.29 is 27.4 Å². The van der Waals surface area contributed by atoms with Gasteiger partial charge >= 0.3 is 6.36 Å². The van der Waals surface area contributed by atoms with Gasteiger partial charge in [-0.25, -0.2) is 4.39 Å². The summed E-state index contributed by atoms with van der Waals surface area (Å²) in [6, 6.07) is 3.05. The Kier molecular flexibility index (Phi) is 3.98. The molecule has 0 aliphatic rings. The lowest BCUT2D eigenvalue weighted by Gasteiger charge is -2.12. The van der Waals surface area contributed by atoms with E-state index in [1.54, 1.807) is 0 Å². The Morgan fingerprint density at radius 3 is 2.44 bits per heavy atom. The lowest BCUT2D eigenvalue weighted by molar-refractivity contribution is -0.274. The third-order valence-electron chi connectivity index (χ3n) is 1.71. The summed E-state index contributed by atoms with van der Waals surface area (Å²) in [7, 11) is 0. The van der Waals surface area contributed by atoms with E-state index in [1.165, 1.54) is 0 Å². The Hall–Kier alpha value is -1.01. The zero-order chi connectivity index (χ0) is 12.3. The third kappa shape index (κ3) is 3.53. The lowest BCUT2D eigenvalue weighted by Crippen LogP contribution is -2.17. The van der Waals surface area contributed by atoms with Crippen molar-refractivity contribution >= 4 is 11.6 Å². The number of aliphatic hydroxyl groups excluding tert-OH is 1. The zero-order valence-electron chi connectivity index (χ0n) is 7.76. The van der Waals surface area contributed by atoms with Gasteiger partial charge in [-0.1, -0.05) is 17.7 Å². The van der Waals surface area contributed by atoms with E-state index in [-0.39, 0.29) is 10.6 Å². The number of benzene rings is 1. The molecule has 0 aliphatic heterocycles. The summed E-state index contributed by atoms with van der Waals surface area (Å²) in [4.78, 5) is 0. The monoisotopic (exact) mass is 258 g/mol. The summed E-state index contributed by atoms with van der Waals surface area (Å²) in [5, 5.41) is 8.74. The summed E-state index contributed by atoms with van der Waals surface area (Å²) in [5.41, 5.74) is 0.0852. The number of hydrogen-bond donors (Lipinski definition) is 1. The van der Waals surface area contributed by atoms with Gasteiger partial charge in [0.05, 0.1) is 5.02 Å². The number of rotatable bonds is 3. The number of aliphatic hydroxyl groups is 1. The van der Waals surface area contributed by atoms with Crippen LogP contribution >= 0.6 is 11.6 Å². The van der Waals surface area contributed by atoms with Gasteiger partial charge in [-0.05, 0) is 17.7 Å². The fraction of sp³-hybridized carbons (Fsp3) is 0.333. The number of alkyl halides is 4. The molecule has 0 aromatic heterocycles. The highest BCUT2D eigenvalue weighted by molar-refractivity contribution is 6.32. The lowest BCUT2D eigenvalue weighted by atomic mass is 10.1. The van der Waals surface area contributed by atoms with Crippen LogP contribution in [0.25, 0.3) is 0 Å². The maximum atomic E-state index is 12.1. The number of ether oxygens (including phenoxy) is 1. The highest BCUT2D eigenvalue weighted by Crippen LogP contribution is 2.32. The van der Waals surface area contributed by atoms with Crippen molar-refractivity contribution in [2.24, 2.45) is 0 Å². The molecule has 16 heavy (non-hydrogen) atoms. The van der Waals surface area contributed by atoms with Crippen molar-refractivity contribution in [2.75, 3.05) is 6.67 Å². The molecule has 1 unspecified atom stereocenters. The molecular formula is C9H7ClF4O2. The average molecular weight is 259 g/mol. The van der Waals surface area contributed by atoms with Gasteiger partial charge in [0.15, 0.2) is 0 Å². The zero-order valence-corrected chi connectivity index (χ0v) is 8.52. The van der Waals surface area contributed by atoms with Crippen LogP contribution in [0.2, 0.25) is 5.02 Å². The normalized spacial score (nSPS) is 13.6. The highest BCUT2D eigenvalue weighted by atomic mass is 35.5. The molecular weight excluding hydrogens is 252 g/mol. The van der Waals surface area contributed by atoms with Crippen LogP contribution in [0.5, 0.6) is 5.75 Å². The molecule has 1 N–H and O–H groups in total. The van der Waals surface area contributed by atoms with E-state index in [4.69, 9.17) is 16.7 Å². The molecule has 0 heterocycles. The molecule has 1 atom stereocenters. The van der Waals surface area contributed by atoms with Gasteiger partial charge in [0.25, 0.3) is 0 Å². The van der Waals surface area contributed by atoms with Gasteiger partial charge in [-0.2, -0.15) is 0 Å². The van der Waals surface area contributed by atoms with Crippen molar-refractivity contribution in [3.8, 4) is 5.75 Å². The molecule has 0 bridgehead atoms. The van der Waals surface area contributed by atoms with Gasteiger partial charge in [-0.3, -0.25) is 0 Å². The van der Waals surface area contributed by atoms with Crippen molar-refractivity contribution in [2.45, 2.75) is 12.5 Å². The molecule has 1 aromatic carbocycles. The Labute approximate surface area is 93.4 Å². The molecule has 0 saturated carbocycles. The SMILES string of the molecule is OC(CF)c1ccc(OC(F)(F)F)c(Cl)c1. The van der Waals surface area contributed by atoms with E-state index < -0.39 is 24.9 Å². The Balaban J connectivity index is 2.92. The Morgan fingerprint density at radius 1 is 1.38 bits per heavy atom. The second kappa shape index (κ2) is 4.88. The van der Waals surface area contributed by atoms with Crippen LogP contribution in [0.3, 0.4) is 0 Å². The van der Waals surface area contributed by atoms with Gasteiger partial charge in [0, 0.05) is 0 Å². The first-order valence-corrected chi connectivity index (χ1v) is 4.50. The van der Waals surface area contributed by atoms with Crippen molar-refractivity contribution in [1.29, 1.82) is 0 Å². The molecule has 1 rings (SSSR count). The summed E-state index contributed by atoms with van der Waals surface area (Å²) < 4.78 is 51.2. The van der Waals surface area contributed by atoms with Crippen LogP contribution in [-0.2, 0) is 0 Å². The number of hydrogen-bond acceptors (Lipinski definition) is 2. The van der Waals surface area contributed by atoms with Crippen molar-refractivity contribution in [3.63, 3.8) is 0 Å². The minimum atomic E-state index is -4.84. The maximum absolute atomic E-state index is 12.1. The second-order valence-corrected chi connectivity index (χ2v) is 3.31. The Bertz CT molecular complexity index is 367. The first-order valence-electron chi connectivity index (χ1n) is 4.12. The topological polar surface area (TPSA) is 29.5 Å². The summed E-state index contributed by atoms with van der Waals surface area (Å²) in [6.45, 7) is -1.05. The first kappa shape index (κ1) is 13.1. The van der Waals surface area contributed by atoms with Crippen LogP contribution in [-0.4, -0.2) is 18.1 Å². The molecule has 7 heteroatoms. The fourth-order valence-corrected chi connectivity index (χ4v) is 1.25. The molecule has 0 amide bonds. The van der Waals surface area contributed by atoms with E-state index in [0.717, 1.165) is 18.2 Å². The second-order valence-electron chi connectivity index (χ2n) is 2.91. The van der Waals surface area contributed by atoms with Gasteiger partial charge < -0.3 is 9.84 Å². The van der Waals surface area contributed by atoms with Crippen LogP contribution in [0.4, 0.5) is 17.6 Å². The van der Waals surface area contributed by atoms with E-state index >= 15 is 0 Å². The fourth-order valence-electron chi connectivity index (χ4n) is 1.02. The summed E-state index contributed by atoms with van der Waals surface area (Å²) in [6.07, 6.45) is -6.25. The molecule has 1 aromatic rings. The van der Waals surface area contributed by atoms with E-state index in [9.17, 15) is 17.6 Å². The maximum Gasteiger partial charge on any atom is 0.573 e. The van der Waals surface area contributed by atoms with Crippen LogP contribution in [0.15, 0.2) is 18.2 Å². The molecule has 0 radical (unpaired) electrons. The predicted molar refractivity (Wildman–Crippen MR) is 49.1 cm³/mol. The smallest absolute Gasteiger partial charge is 0.404 e. The molecule has 0 aliphatic carbocycles. The standard InChI is InChI=1S/C9H7ClF4O2/c10-6-3-5(7(15)4-11)1-2-8(6)16-9(12,13)14/h1-3,7,15H,4H2. The highest BCUT2D eigenvalue weighted by Gasteiger charge is 2.32. The molecule has 0 fully saturated rings. The van der Waals surface area contributed by atoms with Crippen LogP contribution in [0.1, 0.15) is 11.7 Å². The van der Waals surface area contributed by atoms with Crippen LogP contribution in [0, 0.1) is 0 Å². The van der Waals surface area contributed by atoms with Gasteiger partial charge in [0.1, 0.15) is 18.5 Å². The third-order valence-corrected chi connectivity index (χ3v) is 2.01. The van der Waals surface area contributed by atoms with Crippen molar-refractivity contribution in [1.82, 2.24) is 0 Å². The molecule has 90 valence electrons. The molecule has 0 spiro atoms. The van der Waals surface area contributed by atoms with E-state index in [2.05, 4.69) is 4.74 Å². The quantitative estimate of drug-likeness (QED) is 0.844. The molecule has 0 saturated heterocycles. The van der Waals surface area contributed by atoms with E-state index in [0.29, 0.717) is 0 Å². The summed E-state index contributed by atoms with van der Waals surface area (Å²) in [5.74, 6) is -0.594. The van der Waals surface area contributed by atoms with Crippen molar-refractivity contribution in [3.05, 3.63) is 28.8 Å².